The van der Waals surface area contributed by atoms with Crippen molar-refractivity contribution >= 4 is 44.1 Å². The van der Waals surface area contributed by atoms with Gasteiger partial charge in [0.15, 0.2) is 11.5 Å². The fourth-order valence-corrected chi connectivity index (χ4v) is 3.36. The van der Waals surface area contributed by atoms with Gasteiger partial charge in [-0.2, -0.15) is 0 Å². The predicted molar refractivity (Wildman–Crippen MR) is 105 cm³/mol. The van der Waals surface area contributed by atoms with Crippen LogP contribution in [-0.4, -0.2) is 66.5 Å². The van der Waals surface area contributed by atoms with Crippen LogP contribution in [0.5, 0.6) is 11.5 Å². The minimum Gasteiger partial charge on any atom is -0.478 e. The fraction of sp³-hybridized carbons (Fsp3) is 0. The highest BCUT2D eigenvalue weighted by Crippen LogP contribution is 2.39. The molecule has 0 spiro atoms. The maximum atomic E-state index is 12.5. The highest BCUT2D eigenvalue weighted by Gasteiger charge is 2.28. The molecule has 16 heteroatoms. The van der Waals surface area contributed by atoms with E-state index >= 15 is 0 Å². The second-order valence-corrected chi connectivity index (χ2v) is 6.99. The molecule has 2 rings (SSSR count). The molecule has 0 heterocycles. The van der Waals surface area contributed by atoms with Crippen LogP contribution in [0.4, 0.5) is 0 Å². The molecule has 0 unspecified atom stereocenters. The zero-order chi connectivity index (χ0) is 25.9. The van der Waals surface area contributed by atoms with Gasteiger partial charge in [0, 0.05) is 0 Å². The Morgan fingerprint density at radius 3 is 0.912 bits per heavy atom. The third kappa shape index (κ3) is 5.28. The van der Waals surface area contributed by atoms with Gasteiger partial charge in [-0.05, 0) is 24.3 Å². The van der Waals surface area contributed by atoms with E-state index in [4.69, 9.17) is 19.3 Å². The fourth-order valence-electron chi connectivity index (χ4n) is 2.55. The number of hydrogen-bond donors (Lipinski definition) is 6. The van der Waals surface area contributed by atoms with Crippen molar-refractivity contribution in [3.05, 3.63) is 57.6 Å². The maximum Gasteiger partial charge on any atom is 0.419 e. The molecule has 0 saturated heterocycles. The van der Waals surface area contributed by atoms with E-state index in [0.717, 1.165) is 0 Å². The predicted octanol–water partition coefficient (Wildman–Crippen LogP) is 1.72. The molecule has 0 bridgehead atoms. The molecule has 2 aromatic rings. The van der Waals surface area contributed by atoms with Crippen LogP contribution in [0, 0.1) is 0 Å². The smallest absolute Gasteiger partial charge is 0.419 e. The zero-order valence-electron chi connectivity index (χ0n) is 16.2. The summed E-state index contributed by atoms with van der Waals surface area (Å²) in [5.74, 6) is -13.2. The van der Waals surface area contributed by atoms with E-state index in [1.54, 1.807) is 0 Å². The molecule has 0 saturated carbocycles. The lowest BCUT2D eigenvalue weighted by atomic mass is 10.0. The van der Waals surface area contributed by atoms with Gasteiger partial charge in [-0.1, -0.05) is 0 Å². The Morgan fingerprint density at radius 2 is 0.735 bits per heavy atom. The summed E-state index contributed by atoms with van der Waals surface area (Å²) in [5.41, 5.74) is -5.77. The Kier molecular flexibility index (Phi) is 7.24. The summed E-state index contributed by atoms with van der Waals surface area (Å²) >= 11 is 0. The maximum absolute atomic E-state index is 12.5. The summed E-state index contributed by atoms with van der Waals surface area (Å²) < 4.78 is 22.0. The first-order valence-corrected chi connectivity index (χ1v) is 9.62. The molecule has 0 aliphatic rings. The van der Waals surface area contributed by atoms with Crippen molar-refractivity contribution in [3.63, 3.8) is 0 Å². The van der Waals surface area contributed by atoms with E-state index in [2.05, 4.69) is 0 Å². The number of hydrogen-bond acceptors (Lipinski definition) is 9. The van der Waals surface area contributed by atoms with Gasteiger partial charge in [-0.25, -0.2) is 33.3 Å². The quantitative estimate of drug-likeness (QED) is 0.255. The van der Waals surface area contributed by atoms with Crippen LogP contribution < -0.4 is 9.05 Å². The van der Waals surface area contributed by atoms with Crippen molar-refractivity contribution in [2.75, 3.05) is 0 Å². The molecule has 2 aromatic carbocycles. The lowest BCUT2D eigenvalue weighted by Crippen LogP contribution is -2.12. The van der Waals surface area contributed by atoms with Gasteiger partial charge in [0.2, 0.25) is 0 Å². The topological polar surface area (TPSA) is 259 Å². The van der Waals surface area contributed by atoms with Gasteiger partial charge in [0.25, 0.3) is 0 Å². The monoisotopic (exact) mass is 498 g/mol. The standard InChI is InChI=1S/C18H11O15P/c19-13(20)5-1-7(15(23)24)11(8(2-5)16(25)26)32-34(31)33-12-9(17(27)28)3-6(14(21)22)4-10(12)18(29)30/h1-4,34H,(H,19,20)(H,21,22)(H,23,24)(H,25,26)(H,27,28)(H,29,30). The van der Waals surface area contributed by atoms with Gasteiger partial charge in [0.05, 0.1) is 11.1 Å². The molecule has 0 aliphatic heterocycles. The van der Waals surface area contributed by atoms with Crippen molar-refractivity contribution in [1.82, 2.24) is 0 Å². The zero-order valence-corrected chi connectivity index (χ0v) is 17.2. The van der Waals surface area contributed by atoms with Crippen molar-refractivity contribution in [2.45, 2.75) is 0 Å². The Hall–Kier alpha value is -4.91. The summed E-state index contributed by atoms with van der Waals surface area (Å²) in [5, 5.41) is 55.2. The third-order valence-corrected chi connectivity index (χ3v) is 4.71. The van der Waals surface area contributed by atoms with E-state index in [-0.39, 0.29) is 0 Å². The summed E-state index contributed by atoms with van der Waals surface area (Å²) in [6, 6.07) is 1.98. The van der Waals surface area contributed by atoms with Gasteiger partial charge in [-0.15, -0.1) is 0 Å². The van der Waals surface area contributed by atoms with Gasteiger partial charge in [0.1, 0.15) is 22.3 Å². The molecule has 15 nitrogen and oxygen atoms in total. The van der Waals surface area contributed by atoms with E-state index in [9.17, 15) is 53.8 Å². The number of rotatable bonds is 10. The highest BCUT2D eigenvalue weighted by molar-refractivity contribution is 7.34. The summed E-state index contributed by atoms with van der Waals surface area (Å²) in [6.07, 6.45) is 0. The van der Waals surface area contributed by atoms with Gasteiger partial charge in [-0.3, -0.25) is 0 Å². The summed E-state index contributed by atoms with van der Waals surface area (Å²) in [4.78, 5) is 68.3. The Morgan fingerprint density at radius 1 is 0.500 bits per heavy atom. The molecule has 34 heavy (non-hydrogen) atoms. The van der Waals surface area contributed by atoms with Gasteiger partial charge >= 0.3 is 44.1 Å². The Bertz CT molecular complexity index is 1120. The van der Waals surface area contributed by atoms with Crippen LogP contribution in [0.3, 0.4) is 0 Å². The van der Waals surface area contributed by atoms with Crippen molar-refractivity contribution in [1.29, 1.82) is 0 Å². The number of carboxylic acids is 6. The van der Waals surface area contributed by atoms with E-state index in [1.165, 1.54) is 0 Å². The second kappa shape index (κ2) is 9.70. The molecular formula is C18H11O15P. The van der Waals surface area contributed by atoms with Crippen molar-refractivity contribution in [2.24, 2.45) is 0 Å². The molecule has 0 radical (unpaired) electrons. The first-order valence-electron chi connectivity index (χ1n) is 8.40. The molecule has 0 amide bonds. The number of benzene rings is 2. The van der Waals surface area contributed by atoms with Crippen LogP contribution in [0.2, 0.25) is 0 Å². The molecule has 178 valence electrons. The number of carbonyl (C=O) groups is 6. The second-order valence-electron chi connectivity index (χ2n) is 6.09. The van der Waals surface area contributed by atoms with E-state index in [0.29, 0.717) is 24.3 Å². The molecule has 0 fully saturated rings. The van der Waals surface area contributed by atoms with Crippen LogP contribution in [-0.2, 0) is 4.57 Å². The molecule has 0 aromatic heterocycles. The largest absolute Gasteiger partial charge is 0.478 e. The minimum absolute atomic E-state index is 0.495. The average Bonchev–Trinajstić information content (AvgIpc) is 2.72. The summed E-state index contributed by atoms with van der Waals surface area (Å²) in [7, 11) is -4.18. The summed E-state index contributed by atoms with van der Waals surface area (Å²) in [6.45, 7) is 0. The van der Waals surface area contributed by atoms with Crippen LogP contribution in [0.15, 0.2) is 24.3 Å². The lowest BCUT2D eigenvalue weighted by Gasteiger charge is -2.15. The third-order valence-electron chi connectivity index (χ3n) is 3.96. The van der Waals surface area contributed by atoms with E-state index < -0.39 is 89.0 Å². The van der Waals surface area contributed by atoms with E-state index in [1.807, 2.05) is 0 Å². The highest BCUT2D eigenvalue weighted by atomic mass is 31.1. The number of carboxylic acid groups (broad SMARTS) is 6. The molecular weight excluding hydrogens is 487 g/mol. The molecule has 0 aliphatic carbocycles. The van der Waals surface area contributed by atoms with Crippen LogP contribution in [0.25, 0.3) is 0 Å². The first-order chi connectivity index (χ1) is 15.7. The lowest BCUT2D eigenvalue weighted by molar-refractivity contribution is 0.0664. The molecule has 6 N–H and O–H groups in total. The SMILES string of the molecule is O=C(O)c1cc(C(=O)O)c(O[PH](=O)Oc2c(C(=O)O)cc(C(=O)O)cc2C(=O)O)c(C(=O)O)c1. The number of aromatic carboxylic acids is 6. The van der Waals surface area contributed by atoms with Gasteiger partial charge < -0.3 is 39.7 Å². The first kappa shape index (κ1) is 25.4. The molecule has 0 atom stereocenters. The van der Waals surface area contributed by atoms with Crippen LogP contribution in [0.1, 0.15) is 62.1 Å². The van der Waals surface area contributed by atoms with Crippen LogP contribution >= 0.6 is 8.25 Å². The normalized spacial score (nSPS) is 10.4. The minimum atomic E-state index is -4.18. The Labute approximate surface area is 187 Å². The van der Waals surface area contributed by atoms with Crippen molar-refractivity contribution in [3.8, 4) is 11.5 Å². The Balaban J connectivity index is 2.63. The van der Waals surface area contributed by atoms with Crippen molar-refractivity contribution < 1.29 is 73.0 Å². The average molecular weight is 498 g/mol.